The summed E-state index contributed by atoms with van der Waals surface area (Å²) < 4.78 is 21.1. The van der Waals surface area contributed by atoms with Crippen LogP contribution in [-0.4, -0.2) is 26.9 Å². The molecule has 2 aromatic carbocycles. The van der Waals surface area contributed by atoms with E-state index >= 15 is 0 Å². The van der Waals surface area contributed by atoms with Crippen molar-refractivity contribution in [1.82, 2.24) is 0 Å². The van der Waals surface area contributed by atoms with Crippen molar-refractivity contribution in [2.45, 2.75) is 6.92 Å². The standard InChI is InChI=1S/C19H19NO5/c1-12(8-13-4-6-15(22-2)17(9-13)23-3)19(21)20-14-5-7-16-18(10-14)25-11-24-16/h4-10H,11H2,1-3H3,(H,20,21)/b12-8+. The highest BCUT2D eigenvalue weighted by Gasteiger charge is 2.14. The monoisotopic (exact) mass is 341 g/mol. The Kier molecular flexibility index (Phi) is 4.79. The van der Waals surface area contributed by atoms with E-state index in [9.17, 15) is 4.79 Å². The number of hydrogen-bond donors (Lipinski definition) is 1. The predicted octanol–water partition coefficient (Wildman–Crippen LogP) is 3.47. The van der Waals surface area contributed by atoms with E-state index in [4.69, 9.17) is 18.9 Å². The lowest BCUT2D eigenvalue weighted by Crippen LogP contribution is -2.12. The van der Waals surface area contributed by atoms with Gasteiger partial charge in [-0.15, -0.1) is 0 Å². The van der Waals surface area contributed by atoms with Crippen LogP contribution in [0.15, 0.2) is 42.0 Å². The third-order valence-electron chi connectivity index (χ3n) is 3.78. The first-order valence-electron chi connectivity index (χ1n) is 7.72. The molecule has 1 amide bonds. The first kappa shape index (κ1) is 16.7. The number of anilines is 1. The minimum Gasteiger partial charge on any atom is -0.493 e. The summed E-state index contributed by atoms with van der Waals surface area (Å²) in [6, 6.07) is 10.8. The van der Waals surface area contributed by atoms with E-state index < -0.39 is 0 Å². The summed E-state index contributed by atoms with van der Waals surface area (Å²) in [5, 5.41) is 2.84. The highest BCUT2D eigenvalue weighted by molar-refractivity contribution is 6.06. The molecule has 0 aliphatic carbocycles. The number of carbonyl (C=O) groups is 1. The van der Waals surface area contributed by atoms with Crippen LogP contribution in [0, 0.1) is 0 Å². The molecule has 3 rings (SSSR count). The van der Waals surface area contributed by atoms with Gasteiger partial charge >= 0.3 is 0 Å². The third kappa shape index (κ3) is 3.68. The molecule has 0 spiro atoms. The molecular formula is C19H19NO5. The summed E-state index contributed by atoms with van der Waals surface area (Å²) in [6.45, 7) is 1.95. The fraction of sp³-hybridized carbons (Fsp3) is 0.211. The Labute approximate surface area is 146 Å². The number of methoxy groups -OCH3 is 2. The highest BCUT2D eigenvalue weighted by Crippen LogP contribution is 2.34. The first-order chi connectivity index (χ1) is 12.1. The highest BCUT2D eigenvalue weighted by atomic mass is 16.7. The second kappa shape index (κ2) is 7.17. The molecule has 0 bridgehead atoms. The van der Waals surface area contributed by atoms with Crippen molar-refractivity contribution < 1.29 is 23.7 Å². The number of rotatable bonds is 5. The largest absolute Gasteiger partial charge is 0.493 e. The topological polar surface area (TPSA) is 66.0 Å². The minimum atomic E-state index is -0.200. The molecule has 6 nitrogen and oxygen atoms in total. The summed E-state index contributed by atoms with van der Waals surface area (Å²) in [5.41, 5.74) is 2.05. The molecule has 1 aliphatic heterocycles. The molecule has 0 atom stereocenters. The quantitative estimate of drug-likeness (QED) is 0.844. The van der Waals surface area contributed by atoms with Gasteiger partial charge in [-0.05, 0) is 42.8 Å². The van der Waals surface area contributed by atoms with E-state index in [1.165, 1.54) is 0 Å². The van der Waals surface area contributed by atoms with Crippen molar-refractivity contribution >= 4 is 17.7 Å². The molecular weight excluding hydrogens is 322 g/mol. The number of fused-ring (bicyclic) bond motifs is 1. The normalized spacial score (nSPS) is 12.7. The van der Waals surface area contributed by atoms with Crippen LogP contribution in [0.5, 0.6) is 23.0 Å². The van der Waals surface area contributed by atoms with Gasteiger partial charge in [0.15, 0.2) is 23.0 Å². The molecule has 0 fully saturated rings. The van der Waals surface area contributed by atoms with E-state index in [1.54, 1.807) is 51.5 Å². The Balaban J connectivity index is 1.74. The smallest absolute Gasteiger partial charge is 0.251 e. The molecule has 6 heteroatoms. The third-order valence-corrected chi connectivity index (χ3v) is 3.78. The maximum atomic E-state index is 12.4. The van der Waals surface area contributed by atoms with Crippen molar-refractivity contribution in [3.05, 3.63) is 47.5 Å². The lowest BCUT2D eigenvalue weighted by atomic mass is 10.1. The van der Waals surface area contributed by atoms with Gasteiger partial charge in [0.1, 0.15) is 0 Å². The lowest BCUT2D eigenvalue weighted by Gasteiger charge is -2.09. The molecule has 0 unspecified atom stereocenters. The van der Waals surface area contributed by atoms with Gasteiger partial charge in [-0.3, -0.25) is 4.79 Å². The fourth-order valence-corrected chi connectivity index (χ4v) is 2.46. The van der Waals surface area contributed by atoms with Gasteiger partial charge in [0.05, 0.1) is 14.2 Å². The van der Waals surface area contributed by atoms with Crippen LogP contribution in [0.2, 0.25) is 0 Å². The number of nitrogens with one attached hydrogen (secondary N) is 1. The molecule has 0 saturated carbocycles. The van der Waals surface area contributed by atoms with Gasteiger partial charge < -0.3 is 24.3 Å². The molecule has 0 aromatic heterocycles. The Morgan fingerprint density at radius 3 is 2.56 bits per heavy atom. The zero-order valence-corrected chi connectivity index (χ0v) is 14.3. The lowest BCUT2D eigenvalue weighted by molar-refractivity contribution is -0.112. The molecule has 2 aromatic rings. The van der Waals surface area contributed by atoms with Gasteiger partial charge in [-0.2, -0.15) is 0 Å². The van der Waals surface area contributed by atoms with Crippen LogP contribution in [0.3, 0.4) is 0 Å². The number of ether oxygens (including phenoxy) is 4. The van der Waals surface area contributed by atoms with Crippen molar-refractivity contribution in [3.8, 4) is 23.0 Å². The Bertz CT molecular complexity index is 829. The molecule has 1 aliphatic rings. The number of carbonyl (C=O) groups excluding carboxylic acids is 1. The van der Waals surface area contributed by atoms with Crippen LogP contribution >= 0.6 is 0 Å². The molecule has 0 saturated heterocycles. The second-order valence-electron chi connectivity index (χ2n) is 5.46. The number of benzene rings is 2. The SMILES string of the molecule is COc1ccc(/C=C(\C)C(=O)Nc2ccc3c(c2)OCO3)cc1OC. The van der Waals surface area contributed by atoms with E-state index in [2.05, 4.69) is 5.32 Å². The average molecular weight is 341 g/mol. The zero-order valence-electron chi connectivity index (χ0n) is 14.3. The van der Waals surface area contributed by atoms with Gasteiger partial charge in [0.2, 0.25) is 6.79 Å². The molecule has 130 valence electrons. The predicted molar refractivity (Wildman–Crippen MR) is 94.4 cm³/mol. The fourth-order valence-electron chi connectivity index (χ4n) is 2.46. The molecule has 1 N–H and O–H groups in total. The summed E-state index contributed by atoms with van der Waals surface area (Å²) in [4.78, 5) is 12.4. The van der Waals surface area contributed by atoms with E-state index in [1.807, 2.05) is 12.1 Å². The Morgan fingerprint density at radius 2 is 1.80 bits per heavy atom. The van der Waals surface area contributed by atoms with Crippen molar-refractivity contribution in [2.24, 2.45) is 0 Å². The molecule has 25 heavy (non-hydrogen) atoms. The van der Waals surface area contributed by atoms with Gasteiger partial charge in [-0.25, -0.2) is 0 Å². The molecule has 0 radical (unpaired) electrons. The van der Waals surface area contributed by atoms with Crippen LogP contribution in [-0.2, 0) is 4.79 Å². The average Bonchev–Trinajstić information content (AvgIpc) is 3.09. The Morgan fingerprint density at radius 1 is 1.04 bits per heavy atom. The van der Waals surface area contributed by atoms with E-state index in [0.29, 0.717) is 34.3 Å². The van der Waals surface area contributed by atoms with Crippen molar-refractivity contribution in [2.75, 3.05) is 26.3 Å². The van der Waals surface area contributed by atoms with Gasteiger partial charge in [0, 0.05) is 17.3 Å². The van der Waals surface area contributed by atoms with Crippen molar-refractivity contribution in [3.63, 3.8) is 0 Å². The zero-order chi connectivity index (χ0) is 17.8. The second-order valence-corrected chi connectivity index (χ2v) is 5.46. The van der Waals surface area contributed by atoms with Crippen LogP contribution in [0.1, 0.15) is 12.5 Å². The Hall–Kier alpha value is -3.15. The maximum absolute atomic E-state index is 12.4. The number of amides is 1. The van der Waals surface area contributed by atoms with E-state index in [0.717, 1.165) is 5.56 Å². The summed E-state index contributed by atoms with van der Waals surface area (Å²) in [5.74, 6) is 2.35. The van der Waals surface area contributed by atoms with Crippen LogP contribution < -0.4 is 24.3 Å². The van der Waals surface area contributed by atoms with Gasteiger partial charge in [0.25, 0.3) is 5.91 Å². The maximum Gasteiger partial charge on any atom is 0.251 e. The summed E-state index contributed by atoms with van der Waals surface area (Å²) >= 11 is 0. The van der Waals surface area contributed by atoms with Crippen LogP contribution in [0.4, 0.5) is 5.69 Å². The molecule has 1 heterocycles. The van der Waals surface area contributed by atoms with Crippen LogP contribution in [0.25, 0.3) is 6.08 Å². The summed E-state index contributed by atoms with van der Waals surface area (Å²) in [6.07, 6.45) is 1.78. The number of hydrogen-bond acceptors (Lipinski definition) is 5. The van der Waals surface area contributed by atoms with Crippen molar-refractivity contribution in [1.29, 1.82) is 0 Å². The van der Waals surface area contributed by atoms with Gasteiger partial charge in [-0.1, -0.05) is 6.07 Å². The minimum absolute atomic E-state index is 0.199. The summed E-state index contributed by atoms with van der Waals surface area (Å²) in [7, 11) is 3.15. The van der Waals surface area contributed by atoms with E-state index in [-0.39, 0.29) is 12.7 Å². The first-order valence-corrected chi connectivity index (χ1v) is 7.72.